The third kappa shape index (κ3) is 23.4. The second-order valence-electron chi connectivity index (χ2n) is 28.4. The van der Waals surface area contributed by atoms with Crippen molar-refractivity contribution < 1.29 is 71.9 Å². The summed E-state index contributed by atoms with van der Waals surface area (Å²) in [6.07, 6.45) is 15.3. The maximum absolute atomic E-state index is 13.6. The van der Waals surface area contributed by atoms with Crippen molar-refractivity contribution in [1.82, 2.24) is 102 Å². The minimum atomic E-state index is -0.728. The van der Waals surface area contributed by atoms with E-state index in [9.17, 15) is 71.9 Å². The fourth-order valence-electron chi connectivity index (χ4n) is 12.3. The molecule has 10 aromatic rings. The average Bonchev–Trinajstić information content (AvgIpc) is 1.68. The monoisotopic (exact) mass is 1670 g/mol. The Labute approximate surface area is 689 Å². The number of rotatable bonds is 37. The smallest absolute Gasteiger partial charge is 0.292 e. The lowest BCUT2D eigenvalue weighted by molar-refractivity contribution is -0.121. The fraction of sp³-hybridized carbons (Fsp3) is 0.333. The van der Waals surface area contributed by atoms with Crippen LogP contribution in [0.1, 0.15) is 151 Å². The zero-order chi connectivity index (χ0) is 87.8. The summed E-state index contributed by atoms with van der Waals surface area (Å²) >= 11 is 0. The van der Waals surface area contributed by atoms with Crippen LogP contribution in [-0.2, 0) is 94.4 Å². The van der Waals surface area contributed by atoms with Gasteiger partial charge < -0.3 is 130 Å². The van der Waals surface area contributed by atoms with Gasteiger partial charge >= 0.3 is 0 Å². The van der Waals surface area contributed by atoms with Crippen LogP contribution < -0.4 is 79.8 Å². The van der Waals surface area contributed by atoms with Crippen molar-refractivity contribution in [1.29, 1.82) is 0 Å². The number of nitrogens with one attached hydrogen (secondary N) is 15. The average molecular weight is 1670 g/mol. The van der Waals surface area contributed by atoms with Gasteiger partial charge in [0.2, 0.25) is 58.7 Å². The zero-order valence-corrected chi connectivity index (χ0v) is 68.4. The third-order valence-electron chi connectivity index (χ3n) is 18.1. The van der Waals surface area contributed by atoms with Crippen LogP contribution in [0.5, 0.6) is 0 Å². The van der Waals surface area contributed by atoms with Crippen molar-refractivity contribution in [3.63, 3.8) is 0 Å². The Morgan fingerprint density at radius 1 is 0.264 bits per heavy atom. The predicted octanol–water partition coefficient (Wildman–Crippen LogP) is 1.37. The molecule has 10 heterocycles. The minimum Gasteiger partial charge on any atom is -0.356 e. The van der Waals surface area contributed by atoms with Crippen molar-refractivity contribution in [3.05, 3.63) is 150 Å². The number of nitrogens with zero attached hydrogens (tertiary/aromatic N) is 16. The quantitative estimate of drug-likeness (QED) is 0.0245. The third-order valence-corrected chi connectivity index (χ3v) is 18.1. The molecule has 0 aliphatic heterocycles. The van der Waals surface area contributed by atoms with Gasteiger partial charge in [-0.3, -0.25) is 71.9 Å². The van der Waals surface area contributed by atoms with Crippen molar-refractivity contribution >= 4 is 146 Å². The van der Waals surface area contributed by atoms with Crippen molar-refractivity contribution in [2.24, 2.45) is 70.5 Å². The maximum Gasteiger partial charge on any atom is 0.292 e. The second kappa shape index (κ2) is 38.9. The van der Waals surface area contributed by atoms with Crippen LogP contribution in [0.25, 0.3) is 0 Å². The summed E-state index contributed by atoms with van der Waals surface area (Å²) in [6, 6.07) is 7.27. The second-order valence-corrected chi connectivity index (χ2v) is 28.4. The highest BCUT2D eigenvalue weighted by atomic mass is 16.2. The van der Waals surface area contributed by atoms with Crippen LogP contribution in [-0.4, -0.2) is 217 Å². The van der Waals surface area contributed by atoms with E-state index >= 15 is 0 Å². The van der Waals surface area contributed by atoms with Crippen molar-refractivity contribution in [3.8, 4) is 0 Å². The first-order valence-corrected chi connectivity index (χ1v) is 37.5. The van der Waals surface area contributed by atoms with E-state index in [2.05, 4.69) is 105 Å². The molecule has 46 nitrogen and oxygen atoms in total. The van der Waals surface area contributed by atoms with E-state index in [1.165, 1.54) is 149 Å². The van der Waals surface area contributed by atoms with Crippen molar-refractivity contribution in [2.45, 2.75) is 45.4 Å². The molecule has 0 unspecified atom stereocenters. The molecule has 0 atom stereocenters. The maximum atomic E-state index is 13.6. The van der Waals surface area contributed by atoms with Crippen molar-refractivity contribution in [2.75, 3.05) is 107 Å². The standard InChI is InChI=1S/C75H93N31O15/c1-41(107)81-42-26-50(100(7)31-42)69(115)82-43-27-48(97(4)32-43)67(113)78-23-19-60(111)88-54-38-105(12)65(91-54)75(121)95-56-40-106(13)63(93-56)73(119)84-45-29-47(99(6)34-45)66(112)77-20-14-16-58(109)86-52-36-103(10)62(89-52)72(118)85-46-30-51(101(8)35-46)70(116)83-44-28-49(98(5)33-44)68(114)79-24-18-59(110)87-53-37-104(11)64(90-53)74(120)94-55-39-102(9)61(92-55)71(117)80-22-17-57(108)76-21-15-25-96(2)3/h26-40H,14-25H2,1-13H3,(H,76,108)(H,77,112)(H,78,113)(H,79,114)(H,80,117)(H,81,107)(H,82,115)(H,83,116)(H,84,119)(H,85,118)(H,86,109)(H,87,110)(H,88,111)(H,94,120)(H,95,121). The number of aryl methyl sites for hydroxylation is 10. The molecule has 121 heavy (non-hydrogen) atoms. The summed E-state index contributed by atoms with van der Waals surface area (Å²) in [7, 11) is 19.6. The number of carbonyl (C=O) groups excluding carboxylic acids is 15. The van der Waals surface area contributed by atoms with Crippen LogP contribution in [0.2, 0.25) is 0 Å². The first-order chi connectivity index (χ1) is 57.4. The molecule has 15 amide bonds. The van der Waals surface area contributed by atoms with Crippen LogP contribution >= 0.6 is 0 Å². The van der Waals surface area contributed by atoms with Crippen LogP contribution in [0.3, 0.4) is 0 Å². The lowest BCUT2D eigenvalue weighted by Gasteiger charge is -2.10. The number of amides is 15. The van der Waals surface area contributed by atoms with Crippen LogP contribution in [0.15, 0.2) is 92.3 Å². The summed E-state index contributed by atoms with van der Waals surface area (Å²) in [5.74, 6) is -8.24. The van der Waals surface area contributed by atoms with Crippen LogP contribution in [0.4, 0.5) is 57.5 Å². The Hall–Kier alpha value is -15.5. The van der Waals surface area contributed by atoms with E-state index in [0.29, 0.717) is 17.9 Å². The molecule has 0 radical (unpaired) electrons. The van der Waals surface area contributed by atoms with Gasteiger partial charge in [-0.2, -0.15) is 0 Å². The van der Waals surface area contributed by atoms with Gasteiger partial charge in [-0.15, -0.1) is 0 Å². The SMILES string of the molecule is CC(=O)Nc1cc(C(=O)Nc2cc(C(=O)NCCC(=O)Nc3cn(C)c(C(=O)Nc4cn(C)c(C(=O)Nc5cc(C(=O)NCCCC(=O)Nc6cn(C)c(C(=O)Nc7cc(C(=O)Nc8cc(C(=O)NCCC(=O)Nc9cn(C)c(C(=O)Nc%10cn(C)c(C(=O)NCCC(=O)NCCCN(C)C)n%10)n9)n(C)c8)n(C)c7)n6)n(C)c5)n4)n3)n(C)c2)n(C)c1. The highest BCUT2D eigenvalue weighted by Crippen LogP contribution is 2.23. The van der Waals surface area contributed by atoms with E-state index in [1.807, 2.05) is 19.0 Å². The molecule has 0 fully saturated rings. The summed E-state index contributed by atoms with van der Waals surface area (Å²) in [5.41, 5.74) is 2.39. The van der Waals surface area contributed by atoms with Gasteiger partial charge in [0.25, 0.3) is 59.1 Å². The van der Waals surface area contributed by atoms with Gasteiger partial charge in [0, 0.05) is 198 Å². The number of anilines is 10. The topological polar surface area (TPSA) is 553 Å². The molecule has 46 heteroatoms. The van der Waals surface area contributed by atoms with Gasteiger partial charge in [-0.25, -0.2) is 24.9 Å². The molecular formula is C75H93N31O15. The highest BCUT2D eigenvalue weighted by Gasteiger charge is 2.27. The number of aromatic nitrogens is 15. The molecular weight excluding hydrogens is 1580 g/mol. The zero-order valence-electron chi connectivity index (χ0n) is 68.4. The van der Waals surface area contributed by atoms with Gasteiger partial charge in [-0.05, 0) is 63.8 Å². The number of imidazole rings is 5. The van der Waals surface area contributed by atoms with Gasteiger partial charge in [0.15, 0.2) is 29.1 Å². The molecule has 0 aliphatic carbocycles. The Kier molecular flexibility index (Phi) is 28.3. The van der Waals surface area contributed by atoms with Crippen LogP contribution in [0, 0.1) is 0 Å². The summed E-state index contributed by atoms with van der Waals surface area (Å²) in [5, 5.41) is 40.0. The Morgan fingerprint density at radius 2 is 0.521 bits per heavy atom. The van der Waals surface area contributed by atoms with E-state index in [0.717, 1.165) is 13.0 Å². The van der Waals surface area contributed by atoms with E-state index < -0.39 is 76.8 Å². The first-order valence-electron chi connectivity index (χ1n) is 37.5. The van der Waals surface area contributed by atoms with E-state index in [4.69, 9.17) is 0 Å². The predicted molar refractivity (Wildman–Crippen MR) is 440 cm³/mol. The minimum absolute atomic E-state index is 0.0118. The molecule has 10 rings (SSSR count). The molecule has 0 spiro atoms. The lowest BCUT2D eigenvalue weighted by atomic mass is 10.3. The Balaban J connectivity index is 0.598. The number of carbonyl (C=O) groups is 15. The molecule has 0 aromatic carbocycles. The molecule has 0 saturated carbocycles. The fourth-order valence-corrected chi connectivity index (χ4v) is 12.3. The lowest BCUT2D eigenvalue weighted by Crippen LogP contribution is -2.32. The molecule has 0 bridgehead atoms. The number of hydrogen-bond donors (Lipinski definition) is 15. The summed E-state index contributed by atoms with van der Waals surface area (Å²) < 4.78 is 14.4. The molecule has 10 aromatic heterocycles. The molecule has 638 valence electrons. The molecule has 0 aliphatic rings. The first kappa shape index (κ1) is 87.8. The normalized spacial score (nSPS) is 11.0. The largest absolute Gasteiger partial charge is 0.356 e. The van der Waals surface area contributed by atoms with Gasteiger partial charge in [0.1, 0.15) is 28.5 Å². The summed E-state index contributed by atoms with van der Waals surface area (Å²) in [4.78, 5) is 218. The Bertz CT molecular complexity index is 5680. The van der Waals surface area contributed by atoms with Gasteiger partial charge in [0.05, 0.1) is 28.4 Å². The summed E-state index contributed by atoms with van der Waals surface area (Å²) in [6.45, 7) is 2.65. The molecule has 0 saturated heterocycles. The van der Waals surface area contributed by atoms with Gasteiger partial charge in [-0.1, -0.05) is 0 Å². The Morgan fingerprint density at radius 3 is 0.851 bits per heavy atom. The van der Waals surface area contributed by atoms with E-state index in [-0.39, 0.29) is 174 Å². The molecule has 15 N–H and O–H groups in total. The van der Waals surface area contributed by atoms with E-state index in [1.54, 1.807) is 66.3 Å². The highest BCUT2D eigenvalue weighted by molar-refractivity contribution is 6.10. The number of hydrogen-bond acceptors (Lipinski definition) is 21.